The van der Waals surface area contributed by atoms with E-state index in [0.29, 0.717) is 5.56 Å². The Morgan fingerprint density at radius 2 is 1.96 bits per heavy atom. The van der Waals surface area contributed by atoms with E-state index in [9.17, 15) is 21.6 Å². The van der Waals surface area contributed by atoms with Crippen LogP contribution in [0.15, 0.2) is 18.2 Å². The van der Waals surface area contributed by atoms with E-state index in [1.54, 1.807) is 12.1 Å². The molecule has 2 aliphatic rings. The van der Waals surface area contributed by atoms with E-state index in [2.05, 4.69) is 9.08 Å². The highest BCUT2D eigenvalue weighted by Gasteiger charge is 2.53. The van der Waals surface area contributed by atoms with E-state index < -0.39 is 21.0 Å². The number of hydrogen-bond acceptors (Lipinski definition) is 5. The number of para-hydroxylation sites is 1. The predicted octanol–water partition coefficient (Wildman–Crippen LogP) is 3.44. The van der Waals surface area contributed by atoms with Crippen LogP contribution in [0.1, 0.15) is 37.7 Å². The highest BCUT2D eigenvalue weighted by atomic mass is 32.2. The minimum Gasteiger partial charge on any atom is -0.493 e. The molecule has 1 aliphatic carbocycles. The van der Waals surface area contributed by atoms with Crippen LogP contribution in [0.5, 0.6) is 11.5 Å². The lowest BCUT2D eigenvalue weighted by Gasteiger charge is -2.42. The fourth-order valence-corrected chi connectivity index (χ4v) is 4.93. The standard InChI is InChI=1S/C17H22F3NO4S/c1-21-11-10-16(9-4-3-8-14(16)21)12-6-5-7-13(24-2)15(12)25-26(22,23)17(18,19)20/h5-7,14H,3-4,8-11H2,1-2H3/t14-,16-/m1/s1. The molecule has 0 bridgehead atoms. The van der Waals surface area contributed by atoms with E-state index in [0.717, 1.165) is 38.6 Å². The van der Waals surface area contributed by atoms with Gasteiger partial charge in [0.05, 0.1) is 7.11 Å². The van der Waals surface area contributed by atoms with Gasteiger partial charge in [0, 0.05) is 17.0 Å². The number of likely N-dealkylation sites (tertiary alicyclic amines) is 1. The lowest BCUT2D eigenvalue weighted by atomic mass is 9.66. The smallest absolute Gasteiger partial charge is 0.493 e. The minimum absolute atomic E-state index is 0.0106. The third-order valence-corrected chi connectivity index (χ3v) is 6.60. The van der Waals surface area contributed by atoms with Crippen molar-refractivity contribution in [2.75, 3.05) is 20.7 Å². The van der Waals surface area contributed by atoms with Gasteiger partial charge in [-0.15, -0.1) is 0 Å². The van der Waals surface area contributed by atoms with Gasteiger partial charge in [-0.2, -0.15) is 21.6 Å². The molecular formula is C17H22F3NO4S. The van der Waals surface area contributed by atoms with E-state index in [4.69, 9.17) is 4.74 Å². The molecule has 1 saturated heterocycles. The van der Waals surface area contributed by atoms with Crippen LogP contribution in [0.3, 0.4) is 0 Å². The van der Waals surface area contributed by atoms with Crippen molar-refractivity contribution < 1.29 is 30.5 Å². The number of halogens is 3. The summed E-state index contributed by atoms with van der Waals surface area (Å²) >= 11 is 0. The third-order valence-electron chi connectivity index (χ3n) is 5.64. The van der Waals surface area contributed by atoms with Gasteiger partial charge in [0.25, 0.3) is 0 Å². The van der Waals surface area contributed by atoms with Gasteiger partial charge in [0.15, 0.2) is 11.5 Å². The molecule has 0 aromatic heterocycles. The van der Waals surface area contributed by atoms with Crippen molar-refractivity contribution in [1.82, 2.24) is 4.90 Å². The van der Waals surface area contributed by atoms with Gasteiger partial charge < -0.3 is 13.8 Å². The van der Waals surface area contributed by atoms with Gasteiger partial charge in [-0.25, -0.2) is 0 Å². The van der Waals surface area contributed by atoms with Crippen LogP contribution in [0.25, 0.3) is 0 Å². The van der Waals surface area contributed by atoms with E-state index in [1.165, 1.54) is 13.2 Å². The summed E-state index contributed by atoms with van der Waals surface area (Å²) in [7, 11) is -2.51. The summed E-state index contributed by atoms with van der Waals surface area (Å²) < 4.78 is 71.8. The quantitative estimate of drug-likeness (QED) is 0.579. The molecule has 1 saturated carbocycles. The van der Waals surface area contributed by atoms with E-state index in [-0.39, 0.29) is 17.5 Å². The minimum atomic E-state index is -5.78. The Balaban J connectivity index is 2.14. The zero-order valence-electron chi connectivity index (χ0n) is 14.7. The largest absolute Gasteiger partial charge is 0.534 e. The van der Waals surface area contributed by atoms with Crippen molar-refractivity contribution in [3.63, 3.8) is 0 Å². The van der Waals surface area contributed by atoms with E-state index >= 15 is 0 Å². The number of likely N-dealkylation sites (N-methyl/N-ethyl adjacent to an activating group) is 1. The first-order valence-electron chi connectivity index (χ1n) is 8.51. The molecule has 1 aliphatic heterocycles. The fourth-order valence-electron chi connectivity index (χ4n) is 4.45. The topological polar surface area (TPSA) is 55.8 Å². The summed E-state index contributed by atoms with van der Waals surface area (Å²) in [5.41, 5.74) is -5.45. The SMILES string of the molecule is COc1cccc([C@]23CCCC[C@H]2N(C)CC3)c1OS(=O)(=O)C(F)(F)F. The average Bonchev–Trinajstić information content (AvgIpc) is 2.92. The Morgan fingerprint density at radius 1 is 1.23 bits per heavy atom. The second-order valence-corrected chi connectivity index (χ2v) is 8.51. The van der Waals surface area contributed by atoms with Gasteiger partial charge in [-0.1, -0.05) is 25.0 Å². The molecule has 26 heavy (non-hydrogen) atoms. The molecule has 1 aromatic carbocycles. The molecule has 0 N–H and O–H groups in total. The summed E-state index contributed by atoms with van der Waals surface area (Å²) in [4.78, 5) is 2.20. The lowest BCUT2D eigenvalue weighted by Crippen LogP contribution is -2.44. The normalized spacial score (nSPS) is 27.2. The van der Waals surface area contributed by atoms with Crippen molar-refractivity contribution >= 4 is 10.1 Å². The molecule has 1 aromatic rings. The zero-order valence-corrected chi connectivity index (χ0v) is 15.5. The van der Waals surface area contributed by atoms with Gasteiger partial charge in [0.1, 0.15) is 0 Å². The number of methoxy groups -OCH3 is 1. The van der Waals surface area contributed by atoms with Crippen LogP contribution in [0, 0.1) is 0 Å². The van der Waals surface area contributed by atoms with Crippen LogP contribution in [0.2, 0.25) is 0 Å². The number of benzene rings is 1. The number of hydrogen-bond donors (Lipinski definition) is 0. The Bertz CT molecular complexity index is 777. The molecule has 2 atom stereocenters. The number of ether oxygens (including phenoxy) is 1. The summed E-state index contributed by atoms with van der Waals surface area (Å²) in [6.07, 6.45) is 4.41. The van der Waals surface area contributed by atoms with Crippen LogP contribution < -0.4 is 8.92 Å². The van der Waals surface area contributed by atoms with Crippen molar-refractivity contribution in [2.24, 2.45) is 0 Å². The van der Waals surface area contributed by atoms with Crippen molar-refractivity contribution in [3.05, 3.63) is 23.8 Å². The first kappa shape index (κ1) is 19.3. The third kappa shape index (κ3) is 3.05. The molecule has 3 rings (SSSR count). The molecule has 0 amide bonds. The van der Waals surface area contributed by atoms with Crippen LogP contribution in [-0.4, -0.2) is 45.6 Å². The molecule has 0 unspecified atom stereocenters. The highest BCUT2D eigenvalue weighted by Crippen LogP contribution is 2.53. The molecule has 146 valence electrons. The maximum Gasteiger partial charge on any atom is 0.534 e. The van der Waals surface area contributed by atoms with Crippen LogP contribution >= 0.6 is 0 Å². The molecule has 9 heteroatoms. The molecular weight excluding hydrogens is 371 g/mol. The average molecular weight is 393 g/mol. The number of rotatable bonds is 4. The highest BCUT2D eigenvalue weighted by molar-refractivity contribution is 7.88. The Morgan fingerprint density at radius 3 is 2.62 bits per heavy atom. The summed E-state index contributed by atoms with van der Waals surface area (Å²) in [5.74, 6) is -0.349. The first-order chi connectivity index (χ1) is 12.1. The van der Waals surface area contributed by atoms with Crippen molar-refractivity contribution in [3.8, 4) is 11.5 Å². The summed E-state index contributed by atoms with van der Waals surface area (Å²) in [5, 5.41) is 0. The fraction of sp³-hybridized carbons (Fsp3) is 0.647. The van der Waals surface area contributed by atoms with Crippen molar-refractivity contribution in [1.29, 1.82) is 0 Å². The Hall–Kier alpha value is -1.48. The van der Waals surface area contributed by atoms with Gasteiger partial charge in [-0.3, -0.25) is 0 Å². The number of fused-ring (bicyclic) bond motifs is 1. The number of alkyl halides is 3. The van der Waals surface area contributed by atoms with Crippen LogP contribution in [0.4, 0.5) is 13.2 Å². The molecule has 1 heterocycles. The molecule has 0 spiro atoms. The molecule has 2 fully saturated rings. The summed E-state index contributed by atoms with van der Waals surface area (Å²) in [6.45, 7) is 0.799. The first-order valence-corrected chi connectivity index (χ1v) is 9.92. The Labute approximate surface area is 151 Å². The predicted molar refractivity (Wildman–Crippen MR) is 89.8 cm³/mol. The molecule has 5 nitrogen and oxygen atoms in total. The summed E-state index contributed by atoms with van der Waals surface area (Å²) in [6, 6.07) is 4.89. The molecule has 0 radical (unpaired) electrons. The second-order valence-electron chi connectivity index (χ2n) is 6.97. The van der Waals surface area contributed by atoms with Crippen LogP contribution in [-0.2, 0) is 15.5 Å². The lowest BCUT2D eigenvalue weighted by molar-refractivity contribution is -0.0501. The van der Waals surface area contributed by atoms with Gasteiger partial charge in [0.2, 0.25) is 0 Å². The monoisotopic (exact) mass is 393 g/mol. The zero-order chi connectivity index (χ0) is 19.2. The van der Waals surface area contributed by atoms with Crippen molar-refractivity contribution in [2.45, 2.75) is 49.1 Å². The second kappa shape index (κ2) is 6.60. The Kier molecular flexibility index (Phi) is 4.89. The maximum absolute atomic E-state index is 12.9. The number of nitrogens with zero attached hydrogens (tertiary/aromatic N) is 1. The van der Waals surface area contributed by atoms with E-state index in [1.807, 2.05) is 7.05 Å². The maximum atomic E-state index is 12.9. The van der Waals surface area contributed by atoms with Gasteiger partial charge >= 0.3 is 15.6 Å². The van der Waals surface area contributed by atoms with Gasteiger partial charge in [-0.05, 0) is 38.9 Å².